The van der Waals surface area contributed by atoms with Crippen LogP contribution in [0.15, 0.2) is 66.7 Å². The molecular formula is C23H16ClN3O6S. The van der Waals surface area contributed by atoms with E-state index in [0.29, 0.717) is 14.8 Å². The summed E-state index contributed by atoms with van der Waals surface area (Å²) in [5, 5.41) is 24.8. The molecule has 11 heteroatoms. The topological polar surface area (TPSA) is 130 Å². The predicted molar refractivity (Wildman–Crippen MR) is 124 cm³/mol. The molecule has 0 aliphatic carbocycles. The zero-order valence-corrected chi connectivity index (χ0v) is 18.8. The number of non-ortho nitro benzene ring substituents is 1. The molecule has 3 aromatic rings. The fraction of sp³-hybridized carbons (Fsp3) is 0.174. The molecular weight excluding hydrogens is 482 g/mol. The van der Waals surface area contributed by atoms with E-state index >= 15 is 0 Å². The fourth-order valence-electron chi connectivity index (χ4n) is 4.93. The van der Waals surface area contributed by atoms with Crippen LogP contribution in [0.1, 0.15) is 16.5 Å². The zero-order chi connectivity index (χ0) is 24.2. The Morgan fingerprint density at radius 3 is 2.44 bits per heavy atom. The lowest BCUT2D eigenvalue weighted by Crippen LogP contribution is -2.53. The van der Waals surface area contributed by atoms with Gasteiger partial charge in [0.15, 0.2) is 5.54 Å². The van der Waals surface area contributed by atoms with Crippen LogP contribution in [0.4, 0.5) is 11.4 Å². The van der Waals surface area contributed by atoms with Crippen molar-refractivity contribution >= 4 is 52.1 Å². The molecule has 2 fully saturated rings. The summed E-state index contributed by atoms with van der Waals surface area (Å²) >= 11 is 7.30. The summed E-state index contributed by atoms with van der Waals surface area (Å²) < 4.78 is 0.452. The van der Waals surface area contributed by atoms with Crippen molar-refractivity contribution in [2.75, 3.05) is 4.90 Å². The number of carbonyl (C=O) groups excluding carboxylic acids is 2. The van der Waals surface area contributed by atoms with Crippen molar-refractivity contribution in [1.82, 2.24) is 5.32 Å². The first-order chi connectivity index (χ1) is 16.3. The van der Waals surface area contributed by atoms with Crippen LogP contribution in [-0.2, 0) is 19.9 Å². The minimum atomic E-state index is -1.89. The maximum absolute atomic E-state index is 13.8. The van der Waals surface area contributed by atoms with E-state index in [2.05, 4.69) is 5.32 Å². The van der Waals surface area contributed by atoms with Gasteiger partial charge in [-0.05, 0) is 23.8 Å². The molecule has 3 heterocycles. The van der Waals surface area contributed by atoms with Crippen LogP contribution in [-0.4, -0.2) is 27.8 Å². The number of fused-ring (bicyclic) bond motifs is 1. The molecule has 2 N–H and O–H groups in total. The lowest BCUT2D eigenvalue weighted by molar-refractivity contribution is -0.384. The van der Waals surface area contributed by atoms with Crippen molar-refractivity contribution in [3.05, 3.63) is 91.6 Å². The molecule has 0 spiro atoms. The maximum Gasteiger partial charge on any atom is 0.329 e. The Kier molecular flexibility index (Phi) is 5.23. The summed E-state index contributed by atoms with van der Waals surface area (Å²) in [6.07, 6.45) is 0. The summed E-state index contributed by atoms with van der Waals surface area (Å²) in [4.78, 5) is 52.4. The van der Waals surface area contributed by atoms with Crippen molar-refractivity contribution in [3.8, 4) is 0 Å². The average molecular weight is 498 g/mol. The first-order valence-electron chi connectivity index (χ1n) is 10.2. The third-order valence-electron chi connectivity index (χ3n) is 6.33. The van der Waals surface area contributed by atoms with Gasteiger partial charge in [0.05, 0.1) is 32.8 Å². The predicted octanol–water partition coefficient (Wildman–Crippen LogP) is 3.74. The maximum atomic E-state index is 13.8. The van der Waals surface area contributed by atoms with Gasteiger partial charge in [0, 0.05) is 17.0 Å². The number of nitrogens with zero attached hydrogens (tertiary/aromatic N) is 2. The Labute approximate surface area is 201 Å². The highest BCUT2D eigenvalue weighted by Crippen LogP contribution is 2.54. The second-order valence-electron chi connectivity index (χ2n) is 8.04. The highest BCUT2D eigenvalue weighted by atomic mass is 35.5. The summed E-state index contributed by atoms with van der Waals surface area (Å²) in [6, 6.07) is 15.9. The number of benzene rings is 2. The second-order valence-corrected chi connectivity index (χ2v) is 9.78. The molecule has 4 unspecified atom stereocenters. The molecule has 172 valence electrons. The molecule has 0 radical (unpaired) electrons. The van der Waals surface area contributed by atoms with Crippen LogP contribution in [0.3, 0.4) is 0 Å². The zero-order valence-electron chi connectivity index (χ0n) is 17.3. The molecule has 34 heavy (non-hydrogen) atoms. The van der Waals surface area contributed by atoms with E-state index in [1.807, 2.05) is 0 Å². The summed E-state index contributed by atoms with van der Waals surface area (Å²) in [5.74, 6) is -5.01. The van der Waals surface area contributed by atoms with Gasteiger partial charge >= 0.3 is 5.97 Å². The van der Waals surface area contributed by atoms with Crippen molar-refractivity contribution in [2.24, 2.45) is 11.8 Å². The van der Waals surface area contributed by atoms with Crippen LogP contribution < -0.4 is 10.2 Å². The Balaban J connectivity index is 1.70. The number of nitro benzene ring substituents is 1. The number of hydrogen-bond donors (Lipinski definition) is 2. The summed E-state index contributed by atoms with van der Waals surface area (Å²) in [5.41, 5.74) is -1.84. The minimum Gasteiger partial charge on any atom is -0.480 e. The van der Waals surface area contributed by atoms with Gasteiger partial charge in [0.25, 0.3) is 5.69 Å². The molecule has 2 amide bonds. The number of imide groups is 1. The van der Waals surface area contributed by atoms with Crippen LogP contribution >= 0.6 is 22.9 Å². The summed E-state index contributed by atoms with van der Waals surface area (Å²) in [7, 11) is 0. The van der Waals surface area contributed by atoms with E-state index in [9.17, 15) is 29.6 Å². The number of carboxylic acids is 1. The molecule has 2 aliphatic heterocycles. The quantitative estimate of drug-likeness (QED) is 0.312. The van der Waals surface area contributed by atoms with Gasteiger partial charge in [-0.25, -0.2) is 9.69 Å². The first-order valence-corrected chi connectivity index (χ1v) is 11.4. The van der Waals surface area contributed by atoms with E-state index in [4.69, 9.17) is 11.6 Å². The van der Waals surface area contributed by atoms with E-state index in [1.54, 1.807) is 42.5 Å². The molecule has 0 bridgehead atoms. The minimum absolute atomic E-state index is 0.0221. The number of thiophene rings is 1. The van der Waals surface area contributed by atoms with Crippen LogP contribution in [0.25, 0.3) is 0 Å². The highest BCUT2D eigenvalue weighted by molar-refractivity contribution is 7.16. The number of halogens is 1. The number of nitrogens with one attached hydrogen (secondary N) is 1. The lowest BCUT2D eigenvalue weighted by atomic mass is 9.76. The molecule has 1 aromatic heterocycles. The first kappa shape index (κ1) is 22.2. The SMILES string of the molecule is O=C1C2C(c3ccc(Cl)s3)NC(C(=O)O)(c3ccccc3)C2C(=O)N1c1cccc([N+](=O)[O-])c1. The second kappa shape index (κ2) is 8.01. The molecule has 5 rings (SSSR count). The van der Waals surface area contributed by atoms with Crippen LogP contribution in [0, 0.1) is 22.0 Å². The van der Waals surface area contributed by atoms with E-state index in [-0.39, 0.29) is 11.4 Å². The van der Waals surface area contributed by atoms with Crippen molar-refractivity contribution in [3.63, 3.8) is 0 Å². The van der Waals surface area contributed by atoms with Crippen LogP contribution in [0.2, 0.25) is 4.34 Å². The Hall–Kier alpha value is -3.60. The van der Waals surface area contributed by atoms with E-state index in [1.165, 1.54) is 29.5 Å². The number of nitro groups is 1. The Bertz CT molecular complexity index is 1350. The van der Waals surface area contributed by atoms with Crippen molar-refractivity contribution in [1.29, 1.82) is 0 Å². The van der Waals surface area contributed by atoms with Gasteiger partial charge in [0.1, 0.15) is 0 Å². The van der Waals surface area contributed by atoms with Gasteiger partial charge in [-0.1, -0.05) is 48.0 Å². The number of carboxylic acid groups (broad SMARTS) is 1. The number of hydrogen-bond acceptors (Lipinski definition) is 7. The van der Waals surface area contributed by atoms with Crippen molar-refractivity contribution in [2.45, 2.75) is 11.6 Å². The lowest BCUT2D eigenvalue weighted by Gasteiger charge is -2.31. The van der Waals surface area contributed by atoms with Gasteiger partial charge in [-0.2, -0.15) is 0 Å². The smallest absolute Gasteiger partial charge is 0.329 e. The number of carbonyl (C=O) groups is 3. The number of anilines is 1. The van der Waals surface area contributed by atoms with Gasteiger partial charge in [-0.3, -0.25) is 25.0 Å². The molecule has 2 saturated heterocycles. The fourth-order valence-corrected chi connectivity index (χ4v) is 6.09. The van der Waals surface area contributed by atoms with E-state index in [0.717, 1.165) is 11.0 Å². The normalized spacial score (nSPS) is 26.0. The largest absolute Gasteiger partial charge is 0.480 e. The Morgan fingerprint density at radius 1 is 1.09 bits per heavy atom. The molecule has 4 atom stereocenters. The number of aliphatic carboxylic acids is 1. The van der Waals surface area contributed by atoms with Gasteiger partial charge in [-0.15, -0.1) is 11.3 Å². The average Bonchev–Trinajstić information content (AvgIpc) is 3.48. The molecule has 9 nitrogen and oxygen atoms in total. The molecule has 0 saturated carbocycles. The van der Waals surface area contributed by atoms with Crippen molar-refractivity contribution < 1.29 is 24.4 Å². The van der Waals surface area contributed by atoms with E-state index < -0.39 is 46.1 Å². The highest BCUT2D eigenvalue weighted by Gasteiger charge is 2.69. The molecule has 2 aliphatic rings. The Morgan fingerprint density at radius 2 is 1.82 bits per heavy atom. The van der Waals surface area contributed by atoms with Gasteiger partial charge in [0.2, 0.25) is 11.8 Å². The standard InChI is InChI=1S/C23H16ClN3O6S/c24-16-10-9-15(34-16)19-17-18(23(25-19,22(30)31)12-5-2-1-3-6-12)21(29)26(20(17)28)13-7-4-8-14(11-13)27(32)33/h1-11,17-19,25H,(H,30,31). The summed E-state index contributed by atoms with van der Waals surface area (Å²) in [6.45, 7) is 0. The number of rotatable bonds is 5. The third kappa shape index (κ3) is 3.14. The monoisotopic (exact) mass is 497 g/mol. The third-order valence-corrected chi connectivity index (χ3v) is 7.64. The van der Waals surface area contributed by atoms with Gasteiger partial charge < -0.3 is 5.11 Å². The molecule has 2 aromatic carbocycles. The number of amides is 2. The van der Waals surface area contributed by atoms with Crippen LogP contribution in [0.5, 0.6) is 0 Å².